The highest BCUT2D eigenvalue weighted by atomic mass is 35.5. The third-order valence-electron chi connectivity index (χ3n) is 21.4. The van der Waals surface area contributed by atoms with E-state index in [4.69, 9.17) is 11.6 Å². The smallest absolute Gasteiger partial charge is 0.343 e. The van der Waals surface area contributed by atoms with Crippen LogP contribution in [-0.2, 0) is 70.1 Å². The monoisotopic (exact) mass is 1400 g/mol. The molecule has 0 unspecified atom stereocenters. The van der Waals surface area contributed by atoms with Gasteiger partial charge in [0.05, 0.1) is 23.6 Å². The van der Waals surface area contributed by atoms with Gasteiger partial charge in [-0.15, -0.1) is 0 Å². The fourth-order valence-corrected chi connectivity index (χ4v) is 15.5. The van der Waals surface area contributed by atoms with E-state index < -0.39 is 166 Å². The van der Waals surface area contributed by atoms with Crippen LogP contribution in [-0.4, -0.2) is 250 Å². The van der Waals surface area contributed by atoms with E-state index in [9.17, 15) is 51.5 Å². The molecule has 0 radical (unpaired) electrons. The zero-order valence-electron chi connectivity index (χ0n) is 59.5. The Morgan fingerprint density at radius 3 is 1.85 bits per heavy atom. The number of carbonyl (C=O) groups is 12. The molecule has 3 N–H and O–H groups in total. The minimum absolute atomic E-state index is 0.0257. The van der Waals surface area contributed by atoms with Crippen molar-refractivity contribution in [3.63, 3.8) is 0 Å². The Balaban J connectivity index is 1.27. The minimum Gasteiger partial charge on any atom is -0.343 e. The molecule has 2 saturated carbocycles. The summed E-state index contributed by atoms with van der Waals surface area (Å²) in [5.41, 5.74) is -2.35. The average molecular weight is 1400 g/mol. The lowest BCUT2D eigenvalue weighted by atomic mass is 9.84. The van der Waals surface area contributed by atoms with Crippen LogP contribution in [0.4, 0.5) is 13.2 Å². The van der Waals surface area contributed by atoms with Crippen molar-refractivity contribution in [2.45, 2.75) is 242 Å². The molecule has 1 spiro atoms. The van der Waals surface area contributed by atoms with Crippen LogP contribution in [0.3, 0.4) is 0 Å². The summed E-state index contributed by atoms with van der Waals surface area (Å²) in [5.74, 6) is -8.41. The van der Waals surface area contributed by atoms with Crippen molar-refractivity contribution < 1.29 is 70.7 Å². The number of alkyl halides is 3. The Bertz CT molecular complexity index is 3100. The van der Waals surface area contributed by atoms with Crippen molar-refractivity contribution >= 4 is 82.5 Å². The average Bonchev–Trinajstić information content (AvgIpc) is 0.987. The van der Waals surface area contributed by atoms with Crippen molar-refractivity contribution in [2.24, 2.45) is 17.8 Å². The number of amides is 12. The second-order valence-electron chi connectivity index (χ2n) is 29.1. The molecular formula is C70H106ClF3N12O12. The van der Waals surface area contributed by atoms with Crippen LogP contribution in [0.5, 0.6) is 0 Å². The Hall–Kier alpha value is -7.06. The summed E-state index contributed by atoms with van der Waals surface area (Å²) in [6, 6.07) is -7.78. The Morgan fingerprint density at radius 2 is 1.27 bits per heavy atom. The first-order chi connectivity index (χ1) is 46.1. The van der Waals surface area contributed by atoms with Crippen molar-refractivity contribution in [2.75, 3.05) is 75.0 Å². The molecule has 12 amide bonds. The first kappa shape index (κ1) is 78.3. The summed E-state index contributed by atoms with van der Waals surface area (Å²) >= 11 is 6.15. The predicted octanol–water partition coefficient (Wildman–Crippen LogP) is 5.39. The number of aryl methyl sites for hydroxylation is 1. The number of fused-ring (bicyclic) bond motifs is 2. The van der Waals surface area contributed by atoms with Gasteiger partial charge in [0.2, 0.25) is 70.9 Å². The fourth-order valence-electron chi connectivity index (χ4n) is 15.2. The van der Waals surface area contributed by atoms with Gasteiger partial charge < -0.3 is 60.0 Å². The van der Waals surface area contributed by atoms with E-state index >= 15 is 19.2 Å². The molecule has 6 fully saturated rings. The largest absolute Gasteiger partial charge is 0.417 e. The van der Waals surface area contributed by atoms with Crippen molar-refractivity contribution in [3.8, 4) is 0 Å². The molecule has 0 bridgehead atoms. The number of halogens is 4. The SMILES string of the molecule is CC[C@@H]1NC(=O)[C@H](CC(C)C)N(C)C(=O)C[C@@H](C(=O)N2CCCCC2)N(C)C(=O)[C@H](C(C)C)N(C)C(=O)C2(CCCC2)NC(=O)[C@@H]2CCCN2C(=O)[C@H](CCc2ccc(C(F)(F)F)c(Cl)c2)NC(=O)CN(C)C(=O)[C@H](CC2CCCCC2)N(C)C(=O)[C@@H]2CCN2C(=O)[C@H](C)N(C)C1=O. The Kier molecular flexibility index (Phi) is 27.1. The number of piperidine rings is 1. The van der Waals surface area contributed by atoms with Crippen molar-refractivity contribution in [1.29, 1.82) is 0 Å². The highest BCUT2D eigenvalue weighted by Crippen LogP contribution is 2.37. The maximum absolute atomic E-state index is 15.4. The van der Waals surface area contributed by atoms with Gasteiger partial charge in [-0.1, -0.05) is 97.2 Å². The Morgan fingerprint density at radius 1 is 0.633 bits per heavy atom. The third kappa shape index (κ3) is 18.3. The molecule has 546 valence electrons. The predicted molar refractivity (Wildman–Crippen MR) is 360 cm³/mol. The maximum Gasteiger partial charge on any atom is 0.417 e. The van der Waals surface area contributed by atoms with Gasteiger partial charge in [0, 0.05) is 68.5 Å². The van der Waals surface area contributed by atoms with E-state index in [-0.39, 0.29) is 82.7 Å². The summed E-state index contributed by atoms with van der Waals surface area (Å²) in [6.07, 6.45) is 3.46. The molecule has 1 aromatic carbocycles. The van der Waals surface area contributed by atoms with E-state index in [0.29, 0.717) is 50.8 Å². The van der Waals surface area contributed by atoms with E-state index in [0.717, 1.165) is 55.6 Å². The van der Waals surface area contributed by atoms with Crippen LogP contribution in [0.15, 0.2) is 18.2 Å². The van der Waals surface area contributed by atoms with Crippen LogP contribution in [0.1, 0.15) is 181 Å². The molecule has 0 aromatic heterocycles. The van der Waals surface area contributed by atoms with E-state index in [1.807, 2.05) is 13.8 Å². The number of likely N-dealkylation sites (N-methyl/N-ethyl adjacent to an activating group) is 6. The molecule has 4 saturated heterocycles. The molecule has 6 aliphatic rings. The van der Waals surface area contributed by atoms with Gasteiger partial charge in [0.15, 0.2) is 0 Å². The molecule has 1 aromatic rings. The summed E-state index contributed by atoms with van der Waals surface area (Å²) in [7, 11) is 8.56. The second-order valence-corrected chi connectivity index (χ2v) is 29.5. The minimum atomic E-state index is -4.76. The van der Waals surface area contributed by atoms with Gasteiger partial charge in [-0.25, -0.2) is 0 Å². The summed E-state index contributed by atoms with van der Waals surface area (Å²) in [6.45, 7) is 10.7. The number of rotatable bonds is 10. The number of benzene rings is 1. The molecule has 7 rings (SSSR count). The van der Waals surface area contributed by atoms with Crippen molar-refractivity contribution in [1.82, 2.24) is 60.0 Å². The molecule has 2 aliphatic carbocycles. The van der Waals surface area contributed by atoms with Crippen LogP contribution in [0.25, 0.3) is 0 Å². The van der Waals surface area contributed by atoms with Gasteiger partial charge in [0.1, 0.15) is 59.9 Å². The second kappa shape index (κ2) is 33.9. The van der Waals surface area contributed by atoms with Crippen LogP contribution < -0.4 is 16.0 Å². The molecule has 4 aliphatic heterocycles. The Labute approximate surface area is 580 Å². The standard InChI is InChI=1S/C70H106ClF3N12O12/c1-13-49-62(92)79(8)44(6)61(91)86-36-30-52(86)65(95)81(10)54(39-45-23-16-14-17-24-45)64(94)78(7)41-56(87)75-50(29-27-46-26-28-47(48(71)38-46)70(72,73)74)63(93)85-35-22-25-51(85)60(90)77-69(31-18-19-32-69)68(98)83(12)58(43(4)5)67(97)82(11)55(66(96)84-33-20-15-21-34-84)40-57(88)80(9)53(37-42(2)3)59(89)76-49/h26,28,38,42-45,49-55,58H,13-25,27,29-37,39-41H2,1-12H3,(H,75,87)(H,76,89)(H,77,90)/t44-,49-,50-,51-,52-,53-,54-,55-,58-/m0/s1. The lowest BCUT2D eigenvalue weighted by molar-refractivity contribution is -0.160. The summed E-state index contributed by atoms with van der Waals surface area (Å²) in [4.78, 5) is 190. The zero-order chi connectivity index (χ0) is 72.4. The van der Waals surface area contributed by atoms with Crippen LogP contribution in [0.2, 0.25) is 5.02 Å². The number of hydrogen-bond donors (Lipinski definition) is 3. The first-order valence-corrected chi connectivity index (χ1v) is 35.8. The van der Waals surface area contributed by atoms with Gasteiger partial charge in [-0.05, 0) is 126 Å². The van der Waals surface area contributed by atoms with E-state index in [1.165, 1.54) is 89.6 Å². The number of hydrogen-bond acceptors (Lipinski definition) is 12. The van der Waals surface area contributed by atoms with Gasteiger partial charge in [-0.2, -0.15) is 13.2 Å². The molecular weight excluding hydrogens is 1290 g/mol. The molecule has 9 atom stereocenters. The highest BCUT2D eigenvalue weighted by Gasteiger charge is 2.51. The summed E-state index contributed by atoms with van der Waals surface area (Å²) < 4.78 is 41.6. The topological polar surface area (TPSA) is 270 Å². The molecule has 98 heavy (non-hydrogen) atoms. The normalized spacial score (nSPS) is 27.8. The quantitative estimate of drug-likeness (QED) is 0.266. The number of carbonyl (C=O) groups excluding carboxylic acids is 12. The molecule has 4 heterocycles. The van der Waals surface area contributed by atoms with E-state index in [1.54, 1.807) is 25.7 Å². The highest BCUT2D eigenvalue weighted by molar-refractivity contribution is 6.31. The third-order valence-corrected chi connectivity index (χ3v) is 21.7. The lowest BCUT2D eigenvalue weighted by Gasteiger charge is -2.45. The van der Waals surface area contributed by atoms with Gasteiger partial charge >= 0.3 is 6.18 Å². The van der Waals surface area contributed by atoms with Crippen molar-refractivity contribution in [3.05, 3.63) is 34.3 Å². The maximum atomic E-state index is 15.4. The summed E-state index contributed by atoms with van der Waals surface area (Å²) in [5, 5.41) is 8.05. The zero-order valence-corrected chi connectivity index (χ0v) is 60.2. The number of likely N-dealkylation sites (tertiary alicyclic amines) is 1. The fraction of sp³-hybridized carbons (Fsp3) is 0.743. The lowest BCUT2D eigenvalue weighted by Crippen LogP contribution is -2.65. The first-order valence-electron chi connectivity index (χ1n) is 35.4. The molecule has 24 nitrogen and oxygen atoms in total. The number of nitrogens with one attached hydrogen (secondary N) is 3. The van der Waals surface area contributed by atoms with Gasteiger partial charge in [0.25, 0.3) is 0 Å². The number of nitrogens with zero attached hydrogens (tertiary/aromatic N) is 9. The molecule has 28 heteroatoms. The van der Waals surface area contributed by atoms with Crippen LogP contribution >= 0.6 is 11.6 Å². The van der Waals surface area contributed by atoms with E-state index in [2.05, 4.69) is 16.0 Å². The van der Waals surface area contributed by atoms with Gasteiger partial charge in [-0.3, -0.25) is 57.5 Å². The van der Waals surface area contributed by atoms with Crippen LogP contribution in [0, 0.1) is 17.8 Å².